The van der Waals surface area contributed by atoms with Crippen LogP contribution >= 0.6 is 0 Å². The number of hydrogen-bond acceptors (Lipinski definition) is 10. The van der Waals surface area contributed by atoms with E-state index in [4.69, 9.17) is 0 Å². The second-order valence-corrected chi connectivity index (χ2v) is 14.1. The minimum Gasteiger partial charge on any atom is -0.506 e. The third-order valence-electron chi connectivity index (χ3n) is 9.41. The maximum Gasteiger partial charge on any atom is 0.343 e. The molecular formula is C31H32FN9O8S. The van der Waals surface area contributed by atoms with Crippen LogP contribution in [0.1, 0.15) is 43.2 Å². The molecule has 4 amide bonds. The largest absolute Gasteiger partial charge is 0.506 e. The highest BCUT2D eigenvalue weighted by molar-refractivity contribution is 7.92. The number of phenols is 1. The zero-order chi connectivity index (χ0) is 35.5. The number of piperidine rings is 2. The molecule has 2 aromatic heterocycles. The summed E-state index contributed by atoms with van der Waals surface area (Å²) in [5.74, 6) is -3.31. The van der Waals surface area contributed by atoms with Gasteiger partial charge >= 0.3 is 21.9 Å². The van der Waals surface area contributed by atoms with Crippen LogP contribution in [0.3, 0.4) is 0 Å². The van der Waals surface area contributed by atoms with Crippen molar-refractivity contribution in [3.8, 4) is 16.9 Å². The molecule has 0 bridgehead atoms. The summed E-state index contributed by atoms with van der Waals surface area (Å²) in [6.45, 7) is 0.852. The highest BCUT2D eigenvalue weighted by atomic mass is 32.2. The van der Waals surface area contributed by atoms with Crippen molar-refractivity contribution >= 4 is 50.7 Å². The molecule has 0 aliphatic carbocycles. The number of imide groups is 1. The van der Waals surface area contributed by atoms with Crippen LogP contribution in [0.2, 0.25) is 0 Å². The van der Waals surface area contributed by atoms with Crippen molar-refractivity contribution in [3.05, 3.63) is 64.6 Å². The summed E-state index contributed by atoms with van der Waals surface area (Å²) in [4.78, 5) is 63.9. The van der Waals surface area contributed by atoms with Crippen LogP contribution in [0, 0.1) is 5.82 Å². The van der Waals surface area contributed by atoms with Crippen molar-refractivity contribution in [1.82, 2.24) is 39.2 Å². The number of phenolic OH excluding ortho intramolecular Hbond substituents is 1. The fourth-order valence-corrected chi connectivity index (χ4v) is 7.95. The van der Waals surface area contributed by atoms with Crippen LogP contribution in [0.15, 0.2) is 47.5 Å². The smallest absolute Gasteiger partial charge is 0.343 e. The normalized spacial score (nSPS) is 19.9. The Labute approximate surface area is 283 Å². The first-order valence-corrected chi connectivity index (χ1v) is 17.2. The topological polar surface area (TPSA) is 210 Å². The fourth-order valence-electron chi connectivity index (χ4n) is 6.78. The number of nitrogens with zero attached hydrogens (tertiary/aromatic N) is 6. The lowest BCUT2D eigenvalue weighted by Gasteiger charge is -2.32. The second-order valence-electron chi connectivity index (χ2n) is 12.5. The molecule has 5 heterocycles. The first kappa shape index (κ1) is 33.0. The number of benzene rings is 2. The number of likely N-dealkylation sites (tertiary alicyclic amines) is 1. The van der Waals surface area contributed by atoms with E-state index >= 15 is 4.39 Å². The van der Waals surface area contributed by atoms with E-state index in [0.717, 1.165) is 29.2 Å². The third kappa shape index (κ3) is 5.76. The summed E-state index contributed by atoms with van der Waals surface area (Å²) >= 11 is 0. The van der Waals surface area contributed by atoms with Crippen molar-refractivity contribution in [2.75, 3.05) is 30.6 Å². The number of hydrogen-bond donors (Lipinski definition) is 4. The summed E-state index contributed by atoms with van der Waals surface area (Å²) in [5.41, 5.74) is 1.35. The van der Waals surface area contributed by atoms with E-state index in [0.29, 0.717) is 28.4 Å². The number of aryl methyl sites for hydroxylation is 1. The van der Waals surface area contributed by atoms with Gasteiger partial charge in [0.25, 0.3) is 5.91 Å². The SMILES string of the molecule is Cn1c(=O)n(C2CCC(=O)NC2=O)c2ccc(C3CCN(CNC(=O)n4cc(-c5ccc(O)c(N6CC(=O)NS6(=O)=O)c5F)cn4)CC3)cc21. The molecule has 2 aromatic carbocycles. The number of aromatic hydroxyl groups is 1. The number of anilines is 1. The van der Waals surface area contributed by atoms with E-state index in [9.17, 15) is 37.5 Å². The van der Waals surface area contributed by atoms with Crippen LogP contribution in [0.25, 0.3) is 22.2 Å². The Balaban J connectivity index is 0.978. The predicted molar refractivity (Wildman–Crippen MR) is 175 cm³/mol. The summed E-state index contributed by atoms with van der Waals surface area (Å²) < 4.78 is 46.2. The Morgan fingerprint density at radius 3 is 2.52 bits per heavy atom. The van der Waals surface area contributed by atoms with E-state index in [1.54, 1.807) is 11.8 Å². The van der Waals surface area contributed by atoms with Gasteiger partial charge in [-0.2, -0.15) is 18.2 Å². The summed E-state index contributed by atoms with van der Waals surface area (Å²) in [6.07, 6.45) is 4.47. The standard InChI is InChI=1S/C31H32FN9O8S/c1-37-23-12-18(2-4-21(23)41(31(37)47)22-5-7-25(43)35-29(22)45)17-8-10-38(11-9-17)16-33-30(46)39-14-19(13-34-39)20-3-6-24(42)28(27(20)32)40-15-26(44)36-50(40,48)49/h2-4,6,12-14,17,22,42H,5,7-11,15-16H2,1H3,(H,33,46)(H,36,44)(H,35,43,45). The molecule has 0 spiro atoms. The van der Waals surface area contributed by atoms with Gasteiger partial charge in [0.05, 0.1) is 23.9 Å². The molecule has 19 heteroatoms. The van der Waals surface area contributed by atoms with Crippen molar-refractivity contribution in [3.63, 3.8) is 0 Å². The van der Waals surface area contributed by atoms with Gasteiger partial charge in [0.2, 0.25) is 11.8 Å². The highest BCUT2D eigenvalue weighted by Gasteiger charge is 2.38. The third-order valence-corrected chi connectivity index (χ3v) is 10.8. The van der Waals surface area contributed by atoms with Crippen molar-refractivity contribution in [2.45, 2.75) is 37.6 Å². The molecule has 1 unspecified atom stereocenters. The molecular weight excluding hydrogens is 677 g/mol. The zero-order valence-corrected chi connectivity index (χ0v) is 27.4. The summed E-state index contributed by atoms with van der Waals surface area (Å²) in [6, 6.07) is 6.73. The van der Waals surface area contributed by atoms with Crippen molar-refractivity contribution in [1.29, 1.82) is 0 Å². The van der Waals surface area contributed by atoms with E-state index in [1.807, 2.05) is 18.2 Å². The van der Waals surface area contributed by atoms with Gasteiger partial charge in [-0.05, 0) is 55.0 Å². The Kier molecular flexibility index (Phi) is 8.17. The lowest BCUT2D eigenvalue weighted by Crippen LogP contribution is -2.44. The molecule has 3 aliphatic heterocycles. The number of nitrogens with one attached hydrogen (secondary N) is 3. The van der Waals surface area contributed by atoms with Gasteiger partial charge in [-0.15, -0.1) is 0 Å². The number of amides is 4. The van der Waals surface area contributed by atoms with Crippen LogP contribution < -0.4 is 25.4 Å². The quantitative estimate of drug-likeness (QED) is 0.205. The van der Waals surface area contributed by atoms with Gasteiger partial charge in [0, 0.05) is 43.9 Å². The molecule has 3 saturated heterocycles. The van der Waals surface area contributed by atoms with Crippen LogP contribution in [-0.4, -0.2) is 87.4 Å². The van der Waals surface area contributed by atoms with Crippen LogP contribution in [0.5, 0.6) is 5.75 Å². The Morgan fingerprint density at radius 2 is 1.82 bits per heavy atom. The van der Waals surface area contributed by atoms with Crippen LogP contribution in [0.4, 0.5) is 14.9 Å². The molecule has 17 nitrogen and oxygen atoms in total. The zero-order valence-electron chi connectivity index (χ0n) is 26.6. The van der Waals surface area contributed by atoms with Gasteiger partial charge in [0.1, 0.15) is 24.0 Å². The molecule has 4 N–H and O–H groups in total. The van der Waals surface area contributed by atoms with E-state index in [2.05, 4.69) is 20.6 Å². The van der Waals surface area contributed by atoms with Gasteiger partial charge in [0.15, 0.2) is 5.82 Å². The molecule has 4 aromatic rings. The number of aromatic nitrogens is 4. The molecule has 50 heavy (non-hydrogen) atoms. The van der Waals surface area contributed by atoms with Crippen LogP contribution in [-0.2, 0) is 31.6 Å². The molecule has 0 radical (unpaired) electrons. The minimum atomic E-state index is -4.39. The molecule has 0 saturated carbocycles. The number of rotatable bonds is 6. The predicted octanol–water partition coefficient (Wildman–Crippen LogP) is 0.602. The number of fused-ring (bicyclic) bond motifs is 1. The number of carbonyl (C=O) groups is 4. The molecule has 3 aliphatic rings. The monoisotopic (exact) mass is 709 g/mol. The molecule has 7 rings (SSSR count). The van der Waals surface area contributed by atoms with Gasteiger partial charge in [-0.25, -0.2) is 23.0 Å². The minimum absolute atomic E-state index is 0.137. The molecule has 262 valence electrons. The number of carbonyl (C=O) groups excluding carboxylic acids is 4. The maximum atomic E-state index is 15.5. The van der Waals surface area contributed by atoms with Crippen molar-refractivity contribution < 1.29 is 37.1 Å². The molecule has 1 atom stereocenters. The molecule has 3 fully saturated rings. The van der Waals surface area contributed by atoms with Crippen molar-refractivity contribution in [2.24, 2.45) is 7.05 Å². The lowest BCUT2D eigenvalue weighted by atomic mass is 9.89. The second kappa shape index (κ2) is 12.4. The summed E-state index contributed by atoms with van der Waals surface area (Å²) in [5, 5.41) is 19.3. The maximum absolute atomic E-state index is 15.5. The van der Waals surface area contributed by atoms with Gasteiger partial charge in [-0.1, -0.05) is 6.07 Å². The number of halogens is 1. The average Bonchev–Trinajstić information content (AvgIpc) is 3.74. The first-order valence-electron chi connectivity index (χ1n) is 15.8. The number of imidazole rings is 1. The van der Waals surface area contributed by atoms with E-state index in [-0.39, 0.29) is 48.2 Å². The average molecular weight is 710 g/mol. The Hall–Kier alpha value is -5.56. The first-order chi connectivity index (χ1) is 23.8. The summed E-state index contributed by atoms with van der Waals surface area (Å²) in [7, 11) is -2.73. The Morgan fingerprint density at radius 1 is 1.06 bits per heavy atom. The fraction of sp³-hybridized carbons (Fsp3) is 0.355. The highest BCUT2D eigenvalue weighted by Crippen LogP contribution is 2.38. The lowest BCUT2D eigenvalue weighted by molar-refractivity contribution is -0.135. The Bertz CT molecular complexity index is 2250. The van der Waals surface area contributed by atoms with Gasteiger partial charge < -0.3 is 10.4 Å². The van der Waals surface area contributed by atoms with E-state index < -0.39 is 57.9 Å². The van der Waals surface area contributed by atoms with E-state index in [1.165, 1.54) is 27.6 Å². The van der Waals surface area contributed by atoms with Gasteiger partial charge in [-0.3, -0.25) is 33.7 Å².